The van der Waals surface area contributed by atoms with Gasteiger partial charge in [-0.1, -0.05) is 200 Å². The summed E-state index contributed by atoms with van der Waals surface area (Å²) >= 11 is 0. The van der Waals surface area contributed by atoms with E-state index in [1.54, 1.807) is 0 Å². The molecule has 0 spiro atoms. The molecule has 2 nitrogen and oxygen atoms in total. The molecule has 0 aliphatic rings. The molecule has 0 radical (unpaired) electrons. The maximum absolute atomic E-state index is 6.58. The van der Waals surface area contributed by atoms with Gasteiger partial charge in [-0.2, -0.15) is 0 Å². The smallest absolute Gasteiger partial charge is 0.143 e. The van der Waals surface area contributed by atoms with Gasteiger partial charge in [-0.3, -0.25) is 0 Å². The first-order valence-corrected chi connectivity index (χ1v) is 21.9. The predicted octanol–water partition coefficient (Wildman–Crippen LogP) is 17.7. The van der Waals surface area contributed by atoms with Crippen molar-refractivity contribution >= 4 is 60.5 Å². The minimum atomic E-state index is 0.892. The van der Waals surface area contributed by atoms with Crippen LogP contribution in [0, 0.1) is 0 Å². The Hall–Kier alpha value is -8.46. The fourth-order valence-corrected chi connectivity index (χ4v) is 9.49. The maximum Gasteiger partial charge on any atom is 0.143 e. The highest BCUT2D eigenvalue weighted by molar-refractivity contribution is 6.10. The molecule has 0 saturated heterocycles. The van der Waals surface area contributed by atoms with E-state index in [1.807, 2.05) is 6.07 Å². The van der Waals surface area contributed by atoms with Crippen LogP contribution in [0.2, 0.25) is 0 Å². The summed E-state index contributed by atoms with van der Waals surface area (Å²) in [5.74, 6) is 0. The molecule has 2 heteroatoms. The number of nitrogens with zero attached hydrogens (tertiary/aromatic N) is 1. The molecule has 12 rings (SSSR count). The van der Waals surface area contributed by atoms with E-state index in [4.69, 9.17) is 4.42 Å². The van der Waals surface area contributed by atoms with Gasteiger partial charge >= 0.3 is 0 Å². The molecule has 1 aromatic heterocycles. The first kappa shape index (κ1) is 37.3. The van der Waals surface area contributed by atoms with Crippen LogP contribution in [0.4, 0.5) is 17.1 Å². The zero-order valence-electron chi connectivity index (χ0n) is 35.0. The third-order valence-electron chi connectivity index (χ3n) is 12.6. The van der Waals surface area contributed by atoms with Gasteiger partial charge in [-0.05, 0) is 115 Å². The Bertz CT molecular complexity index is 3670. The highest BCUT2D eigenvalue weighted by Crippen LogP contribution is 2.46. The van der Waals surface area contributed by atoms with Crippen LogP contribution >= 0.6 is 0 Å². The van der Waals surface area contributed by atoms with Gasteiger partial charge in [0.2, 0.25) is 0 Å². The average molecular weight is 816 g/mol. The summed E-state index contributed by atoms with van der Waals surface area (Å²) in [6.07, 6.45) is 0. The van der Waals surface area contributed by atoms with Crippen LogP contribution in [0.5, 0.6) is 0 Å². The molecule has 11 aromatic carbocycles. The van der Waals surface area contributed by atoms with Gasteiger partial charge < -0.3 is 9.32 Å². The summed E-state index contributed by atoms with van der Waals surface area (Å²) in [6, 6.07) is 89.8. The molecule has 0 unspecified atom stereocenters. The van der Waals surface area contributed by atoms with Crippen molar-refractivity contribution in [3.63, 3.8) is 0 Å². The number of para-hydroxylation sites is 2. The lowest BCUT2D eigenvalue weighted by Gasteiger charge is -2.29. The Morgan fingerprint density at radius 3 is 1.72 bits per heavy atom. The molecule has 0 bridgehead atoms. The molecule has 12 aromatic rings. The van der Waals surface area contributed by atoms with Crippen molar-refractivity contribution in [2.24, 2.45) is 0 Å². The average Bonchev–Trinajstić information content (AvgIpc) is 3.76. The number of furan rings is 1. The number of rotatable bonds is 8. The van der Waals surface area contributed by atoms with E-state index in [1.165, 1.54) is 43.8 Å². The lowest BCUT2D eigenvalue weighted by atomic mass is 9.93. The molecule has 0 aliphatic heterocycles. The molecular formula is C62H41NO. The summed E-state index contributed by atoms with van der Waals surface area (Å²) in [7, 11) is 0. The Kier molecular flexibility index (Phi) is 9.20. The monoisotopic (exact) mass is 815 g/mol. The second-order valence-electron chi connectivity index (χ2n) is 16.5. The molecular weight excluding hydrogens is 775 g/mol. The maximum atomic E-state index is 6.58. The van der Waals surface area contributed by atoms with Gasteiger partial charge in [0.25, 0.3) is 0 Å². The topological polar surface area (TPSA) is 16.4 Å². The van der Waals surface area contributed by atoms with Crippen molar-refractivity contribution in [3.05, 3.63) is 249 Å². The van der Waals surface area contributed by atoms with Gasteiger partial charge in [0.1, 0.15) is 11.2 Å². The number of hydrogen-bond acceptors (Lipinski definition) is 2. The van der Waals surface area contributed by atoms with Crippen LogP contribution < -0.4 is 4.90 Å². The summed E-state index contributed by atoms with van der Waals surface area (Å²) in [4.78, 5) is 2.43. The largest absolute Gasteiger partial charge is 0.455 e. The fourth-order valence-electron chi connectivity index (χ4n) is 9.49. The van der Waals surface area contributed by atoms with Crippen molar-refractivity contribution in [1.82, 2.24) is 0 Å². The Balaban J connectivity index is 1.03. The second-order valence-corrected chi connectivity index (χ2v) is 16.5. The van der Waals surface area contributed by atoms with Crippen LogP contribution in [0.1, 0.15) is 0 Å². The molecule has 64 heavy (non-hydrogen) atoms. The van der Waals surface area contributed by atoms with Crippen molar-refractivity contribution in [1.29, 1.82) is 0 Å². The quantitative estimate of drug-likeness (QED) is 0.152. The molecule has 0 fully saturated rings. The first-order valence-electron chi connectivity index (χ1n) is 21.9. The Labute approximate surface area is 372 Å². The molecule has 1 heterocycles. The minimum Gasteiger partial charge on any atom is -0.455 e. The number of fused-ring (bicyclic) bond motifs is 5. The van der Waals surface area contributed by atoms with Crippen molar-refractivity contribution < 1.29 is 4.42 Å². The lowest BCUT2D eigenvalue weighted by Crippen LogP contribution is -2.11. The van der Waals surface area contributed by atoms with Crippen LogP contribution in [0.3, 0.4) is 0 Å². The van der Waals surface area contributed by atoms with Crippen molar-refractivity contribution in [3.8, 4) is 55.6 Å². The van der Waals surface area contributed by atoms with E-state index in [9.17, 15) is 0 Å². The summed E-state index contributed by atoms with van der Waals surface area (Å²) in [5, 5.41) is 7.18. The third kappa shape index (κ3) is 6.70. The van der Waals surface area contributed by atoms with Crippen LogP contribution in [0.25, 0.3) is 99.1 Å². The van der Waals surface area contributed by atoms with Gasteiger partial charge in [0, 0.05) is 33.3 Å². The highest BCUT2D eigenvalue weighted by atomic mass is 16.3. The summed E-state index contributed by atoms with van der Waals surface area (Å²) < 4.78 is 6.58. The van der Waals surface area contributed by atoms with Crippen LogP contribution in [0.15, 0.2) is 253 Å². The van der Waals surface area contributed by atoms with E-state index in [2.05, 4.69) is 248 Å². The number of anilines is 3. The minimum absolute atomic E-state index is 0.892. The van der Waals surface area contributed by atoms with Gasteiger partial charge in [-0.25, -0.2) is 0 Å². The molecule has 0 amide bonds. The van der Waals surface area contributed by atoms with E-state index >= 15 is 0 Å². The molecule has 0 aliphatic carbocycles. The molecule has 0 N–H and O–H groups in total. The fraction of sp³-hybridized carbons (Fsp3) is 0. The summed E-state index contributed by atoms with van der Waals surface area (Å²) in [6.45, 7) is 0. The third-order valence-corrected chi connectivity index (χ3v) is 12.6. The van der Waals surface area contributed by atoms with Crippen LogP contribution in [-0.2, 0) is 0 Å². The van der Waals surface area contributed by atoms with Crippen LogP contribution in [-0.4, -0.2) is 0 Å². The zero-order chi connectivity index (χ0) is 42.4. The molecule has 0 saturated carbocycles. The SMILES string of the molecule is c1ccc(-c2ccc(-c3cccc4ccccc34)cc2N(c2ccc(-c3cccc(-c4ccc5ccccc5c4)c3)cc2)c2cccc(-c3cccc4c3oc3ccccc34)c2)cc1. The predicted molar refractivity (Wildman–Crippen MR) is 271 cm³/mol. The van der Waals surface area contributed by atoms with E-state index in [0.717, 1.165) is 72.4 Å². The van der Waals surface area contributed by atoms with Gasteiger partial charge in [0.05, 0.1) is 5.69 Å². The number of hydrogen-bond donors (Lipinski definition) is 0. The van der Waals surface area contributed by atoms with Crippen molar-refractivity contribution in [2.45, 2.75) is 0 Å². The van der Waals surface area contributed by atoms with Crippen molar-refractivity contribution in [2.75, 3.05) is 4.90 Å². The lowest BCUT2D eigenvalue weighted by molar-refractivity contribution is 0.670. The zero-order valence-corrected chi connectivity index (χ0v) is 35.0. The standard InChI is InChI=1S/C62H41NO/c1-2-15-45(16-3-1)56-37-34-51(55-26-12-19-44-17-6-7-24-54(44)55)41-60(56)63(53-23-11-22-50(40-53)57-27-13-28-59-58-25-8-9-29-61(58)64-62(57)59)52-35-32-43(33-36-52)47-20-10-21-48(38-47)49-31-30-42-14-4-5-18-46(42)39-49/h1-41H. The Morgan fingerprint density at radius 2 is 0.844 bits per heavy atom. The van der Waals surface area contributed by atoms with Gasteiger partial charge in [-0.15, -0.1) is 0 Å². The second kappa shape index (κ2) is 15.8. The normalized spacial score (nSPS) is 11.4. The number of benzene rings is 11. The molecule has 0 atom stereocenters. The van der Waals surface area contributed by atoms with Gasteiger partial charge in [0.15, 0.2) is 0 Å². The highest BCUT2D eigenvalue weighted by Gasteiger charge is 2.21. The molecule has 300 valence electrons. The van der Waals surface area contributed by atoms with E-state index in [-0.39, 0.29) is 0 Å². The summed E-state index contributed by atoms with van der Waals surface area (Å²) in [5.41, 5.74) is 16.5. The van der Waals surface area contributed by atoms with E-state index in [0.29, 0.717) is 0 Å². The Morgan fingerprint density at radius 1 is 0.266 bits per heavy atom. The first-order chi connectivity index (χ1) is 31.7. The van der Waals surface area contributed by atoms with E-state index < -0.39 is 0 Å².